The van der Waals surface area contributed by atoms with Crippen LogP contribution in [0.4, 0.5) is 0 Å². The summed E-state index contributed by atoms with van der Waals surface area (Å²) in [5.74, 6) is 0.676. The van der Waals surface area contributed by atoms with Crippen LogP contribution in [0.1, 0.15) is 25.0 Å². The third-order valence-corrected chi connectivity index (χ3v) is 3.54. The normalized spacial score (nSPS) is 11.2. The van der Waals surface area contributed by atoms with Gasteiger partial charge in [-0.25, -0.2) is 9.67 Å². The Balaban J connectivity index is 1.97. The van der Waals surface area contributed by atoms with E-state index in [-0.39, 0.29) is 0 Å². The molecule has 1 heterocycles. The molecule has 0 aliphatic rings. The minimum absolute atomic E-state index is 0.676. The van der Waals surface area contributed by atoms with Crippen LogP contribution < -0.4 is 5.32 Å². The summed E-state index contributed by atoms with van der Waals surface area (Å²) < 4.78 is 2.93. The lowest BCUT2D eigenvalue weighted by molar-refractivity contribution is 0.552. The Morgan fingerprint density at radius 1 is 1.37 bits per heavy atom. The quantitative estimate of drug-likeness (QED) is 0.889. The summed E-state index contributed by atoms with van der Waals surface area (Å²) in [6.45, 7) is 7.10. The van der Waals surface area contributed by atoms with E-state index < -0.39 is 0 Å². The van der Waals surface area contributed by atoms with Crippen molar-refractivity contribution in [3.63, 3.8) is 0 Å². The molecule has 4 nitrogen and oxygen atoms in total. The Morgan fingerprint density at radius 2 is 2.21 bits per heavy atom. The van der Waals surface area contributed by atoms with Gasteiger partial charge in [-0.15, -0.1) is 0 Å². The molecule has 0 radical (unpaired) electrons. The van der Waals surface area contributed by atoms with Crippen molar-refractivity contribution in [2.75, 3.05) is 6.54 Å². The van der Waals surface area contributed by atoms with E-state index in [1.165, 1.54) is 11.1 Å². The molecule has 1 N–H and O–H groups in total. The fourth-order valence-electron chi connectivity index (χ4n) is 1.82. The highest BCUT2D eigenvalue weighted by Gasteiger charge is 2.03. The van der Waals surface area contributed by atoms with Gasteiger partial charge in [-0.05, 0) is 29.7 Å². The Bertz CT molecular complexity index is 508. The summed E-state index contributed by atoms with van der Waals surface area (Å²) in [5, 5.41) is 7.56. The highest BCUT2D eigenvalue weighted by atomic mass is 79.9. The summed E-state index contributed by atoms with van der Waals surface area (Å²) >= 11 is 3.62. The molecule has 2 aromatic rings. The first kappa shape index (κ1) is 14.2. The van der Waals surface area contributed by atoms with Crippen molar-refractivity contribution in [3.05, 3.63) is 46.5 Å². The maximum absolute atomic E-state index is 4.12. The van der Waals surface area contributed by atoms with Crippen LogP contribution in [0.2, 0.25) is 0 Å². The lowest BCUT2D eigenvalue weighted by Gasteiger charge is -2.10. The van der Waals surface area contributed by atoms with Crippen LogP contribution >= 0.6 is 15.9 Å². The van der Waals surface area contributed by atoms with Crippen LogP contribution in [0.3, 0.4) is 0 Å². The van der Waals surface area contributed by atoms with E-state index in [0.717, 1.165) is 24.1 Å². The predicted octanol–water partition coefficient (Wildman–Crippen LogP) is 2.83. The molecule has 0 saturated heterocycles. The van der Waals surface area contributed by atoms with Gasteiger partial charge < -0.3 is 5.32 Å². The maximum atomic E-state index is 4.12. The molecule has 1 aromatic heterocycles. The van der Waals surface area contributed by atoms with Gasteiger partial charge in [-0.1, -0.05) is 41.9 Å². The fraction of sp³-hybridized carbons (Fsp3) is 0.429. The molecule has 0 aliphatic carbocycles. The van der Waals surface area contributed by atoms with Gasteiger partial charge in [-0.2, -0.15) is 5.10 Å². The zero-order valence-electron chi connectivity index (χ0n) is 11.3. The first-order valence-electron chi connectivity index (χ1n) is 6.45. The SMILES string of the molecule is CC(C)CNCc1ccc(Cn2cncn2)c(Br)c1. The van der Waals surface area contributed by atoms with Crippen LogP contribution in [0.5, 0.6) is 0 Å². The molecule has 0 fully saturated rings. The molecule has 0 unspecified atom stereocenters. The number of benzene rings is 1. The van der Waals surface area contributed by atoms with E-state index >= 15 is 0 Å². The number of aromatic nitrogens is 3. The zero-order chi connectivity index (χ0) is 13.7. The highest BCUT2D eigenvalue weighted by molar-refractivity contribution is 9.10. The van der Waals surface area contributed by atoms with Crippen molar-refractivity contribution in [1.82, 2.24) is 20.1 Å². The fourth-order valence-corrected chi connectivity index (χ4v) is 2.37. The molecule has 19 heavy (non-hydrogen) atoms. The van der Waals surface area contributed by atoms with Crippen LogP contribution in [-0.4, -0.2) is 21.3 Å². The van der Waals surface area contributed by atoms with Crippen LogP contribution in [0.15, 0.2) is 35.3 Å². The third-order valence-electron chi connectivity index (χ3n) is 2.80. The molecule has 102 valence electrons. The molecule has 0 saturated carbocycles. The van der Waals surface area contributed by atoms with E-state index in [0.29, 0.717) is 5.92 Å². The molecule has 2 rings (SSSR count). The Labute approximate surface area is 122 Å². The van der Waals surface area contributed by atoms with Gasteiger partial charge in [0.25, 0.3) is 0 Å². The van der Waals surface area contributed by atoms with Crippen molar-refractivity contribution in [2.45, 2.75) is 26.9 Å². The summed E-state index contributed by atoms with van der Waals surface area (Å²) in [6, 6.07) is 6.46. The number of halogens is 1. The first-order chi connectivity index (χ1) is 9.15. The van der Waals surface area contributed by atoms with Gasteiger partial charge in [0.1, 0.15) is 12.7 Å². The average molecular weight is 323 g/mol. The second-order valence-electron chi connectivity index (χ2n) is 5.04. The second kappa shape index (κ2) is 6.82. The largest absolute Gasteiger partial charge is 0.312 e. The molecule has 1 aromatic carbocycles. The molecule has 0 spiro atoms. The van der Waals surface area contributed by atoms with Crippen molar-refractivity contribution >= 4 is 15.9 Å². The van der Waals surface area contributed by atoms with E-state index in [1.807, 2.05) is 4.68 Å². The third kappa shape index (κ3) is 4.44. The number of nitrogens with one attached hydrogen (secondary N) is 1. The van der Waals surface area contributed by atoms with E-state index in [1.54, 1.807) is 12.7 Å². The van der Waals surface area contributed by atoms with E-state index in [4.69, 9.17) is 0 Å². The van der Waals surface area contributed by atoms with Crippen molar-refractivity contribution in [3.8, 4) is 0 Å². The summed E-state index contributed by atoms with van der Waals surface area (Å²) in [6.07, 6.45) is 3.28. The van der Waals surface area contributed by atoms with Gasteiger partial charge in [0.2, 0.25) is 0 Å². The van der Waals surface area contributed by atoms with Crippen LogP contribution in [-0.2, 0) is 13.1 Å². The second-order valence-corrected chi connectivity index (χ2v) is 5.90. The molecular weight excluding hydrogens is 304 g/mol. The summed E-state index contributed by atoms with van der Waals surface area (Å²) in [4.78, 5) is 3.95. The van der Waals surface area contributed by atoms with Crippen molar-refractivity contribution in [2.24, 2.45) is 5.92 Å². The van der Waals surface area contributed by atoms with Crippen molar-refractivity contribution < 1.29 is 0 Å². The molecular formula is C14H19BrN4. The van der Waals surface area contributed by atoms with Gasteiger partial charge in [0.05, 0.1) is 6.54 Å². The smallest absolute Gasteiger partial charge is 0.137 e. The van der Waals surface area contributed by atoms with Gasteiger partial charge in [0, 0.05) is 11.0 Å². The predicted molar refractivity (Wildman–Crippen MR) is 79.8 cm³/mol. The van der Waals surface area contributed by atoms with Crippen LogP contribution in [0.25, 0.3) is 0 Å². The van der Waals surface area contributed by atoms with Gasteiger partial charge in [-0.3, -0.25) is 0 Å². The maximum Gasteiger partial charge on any atom is 0.137 e. The number of rotatable bonds is 6. The Hall–Kier alpha value is -1.20. The first-order valence-corrected chi connectivity index (χ1v) is 7.25. The Kier molecular flexibility index (Phi) is 5.10. The standard InChI is InChI=1S/C14H19BrN4/c1-11(2)6-16-7-12-3-4-13(14(15)5-12)8-19-10-17-9-18-19/h3-5,9-11,16H,6-8H2,1-2H3. The zero-order valence-corrected chi connectivity index (χ0v) is 12.9. The molecule has 0 aliphatic heterocycles. The summed E-state index contributed by atoms with van der Waals surface area (Å²) in [7, 11) is 0. The minimum Gasteiger partial charge on any atom is -0.312 e. The van der Waals surface area contributed by atoms with E-state index in [2.05, 4.69) is 63.4 Å². The minimum atomic E-state index is 0.676. The summed E-state index contributed by atoms with van der Waals surface area (Å²) in [5.41, 5.74) is 2.49. The molecule has 5 heteroatoms. The highest BCUT2D eigenvalue weighted by Crippen LogP contribution is 2.19. The van der Waals surface area contributed by atoms with Gasteiger partial charge in [0.15, 0.2) is 0 Å². The topological polar surface area (TPSA) is 42.7 Å². The molecule has 0 amide bonds. The number of nitrogens with zero attached hydrogens (tertiary/aromatic N) is 3. The lowest BCUT2D eigenvalue weighted by Crippen LogP contribution is -2.19. The molecule has 0 atom stereocenters. The van der Waals surface area contributed by atoms with Crippen molar-refractivity contribution in [1.29, 1.82) is 0 Å². The van der Waals surface area contributed by atoms with Gasteiger partial charge >= 0.3 is 0 Å². The average Bonchev–Trinajstić information content (AvgIpc) is 2.85. The number of hydrogen-bond donors (Lipinski definition) is 1. The Morgan fingerprint density at radius 3 is 2.84 bits per heavy atom. The lowest BCUT2D eigenvalue weighted by atomic mass is 10.1. The monoisotopic (exact) mass is 322 g/mol. The molecule has 0 bridgehead atoms. The van der Waals surface area contributed by atoms with Crippen LogP contribution in [0, 0.1) is 5.92 Å². The van der Waals surface area contributed by atoms with E-state index in [9.17, 15) is 0 Å². The number of hydrogen-bond acceptors (Lipinski definition) is 3.